The van der Waals surface area contributed by atoms with Crippen molar-refractivity contribution >= 4 is 7.14 Å². The van der Waals surface area contributed by atoms with E-state index in [9.17, 15) is 4.57 Å². The van der Waals surface area contributed by atoms with Crippen LogP contribution < -0.4 is 0 Å². The van der Waals surface area contributed by atoms with Crippen molar-refractivity contribution in [1.82, 2.24) is 0 Å². The molecule has 1 N–H and O–H groups in total. The lowest BCUT2D eigenvalue weighted by atomic mass is 10.0. The second kappa shape index (κ2) is 4.27. The van der Waals surface area contributed by atoms with Gasteiger partial charge in [-0.05, 0) is 18.5 Å². The first-order valence-corrected chi connectivity index (χ1v) is 6.58. The maximum atomic E-state index is 11.4. The van der Waals surface area contributed by atoms with Crippen LogP contribution in [0.5, 0.6) is 0 Å². The van der Waals surface area contributed by atoms with Gasteiger partial charge >= 0.3 is 0 Å². The molecule has 0 aliphatic rings. The second-order valence-corrected chi connectivity index (χ2v) is 7.08. The summed E-state index contributed by atoms with van der Waals surface area (Å²) in [6.07, 6.45) is 0.519. The van der Waals surface area contributed by atoms with Crippen molar-refractivity contribution in [3.63, 3.8) is 0 Å². The minimum absolute atomic E-state index is 0.149. The van der Waals surface area contributed by atoms with E-state index in [0.717, 1.165) is 0 Å². The summed E-state index contributed by atoms with van der Waals surface area (Å²) in [5, 5.41) is 8.76. The average Bonchev–Trinajstić information content (AvgIpc) is 1.87. The van der Waals surface area contributed by atoms with Gasteiger partial charge in [-0.25, -0.2) is 0 Å². The van der Waals surface area contributed by atoms with E-state index in [-0.39, 0.29) is 6.35 Å². The highest BCUT2D eigenvalue weighted by molar-refractivity contribution is 7.62. The van der Waals surface area contributed by atoms with Crippen molar-refractivity contribution in [3.8, 4) is 0 Å². The van der Waals surface area contributed by atoms with Gasteiger partial charge < -0.3 is 9.67 Å². The Hall–Kier alpha value is 0.190. The molecule has 0 spiro atoms. The SMILES string of the molecule is CC(C)[C@H](C)C[P@@](C)(=O)CO. The molecule has 0 bridgehead atoms. The molecule has 0 saturated heterocycles. The fraction of sp³-hybridized carbons (Fsp3) is 1.00. The molecular weight excluding hydrogens is 159 g/mol. The summed E-state index contributed by atoms with van der Waals surface area (Å²) in [5.41, 5.74) is 0. The van der Waals surface area contributed by atoms with Crippen LogP contribution in [0.15, 0.2) is 0 Å². The van der Waals surface area contributed by atoms with Crippen molar-refractivity contribution in [2.45, 2.75) is 20.8 Å². The third kappa shape index (κ3) is 4.60. The molecule has 0 fully saturated rings. The van der Waals surface area contributed by atoms with Crippen molar-refractivity contribution in [1.29, 1.82) is 0 Å². The molecule has 2 nitrogen and oxygen atoms in total. The van der Waals surface area contributed by atoms with Gasteiger partial charge in [0, 0.05) is 6.16 Å². The molecule has 2 atom stereocenters. The first kappa shape index (κ1) is 11.2. The minimum Gasteiger partial charge on any atom is -0.389 e. The van der Waals surface area contributed by atoms with Crippen molar-refractivity contribution in [3.05, 3.63) is 0 Å². The van der Waals surface area contributed by atoms with Gasteiger partial charge in [0.25, 0.3) is 0 Å². The van der Waals surface area contributed by atoms with E-state index in [2.05, 4.69) is 20.8 Å². The summed E-state index contributed by atoms with van der Waals surface area (Å²) in [4.78, 5) is 0. The molecule has 11 heavy (non-hydrogen) atoms. The molecule has 0 aliphatic carbocycles. The van der Waals surface area contributed by atoms with Crippen LogP contribution in [0.4, 0.5) is 0 Å². The zero-order valence-electron chi connectivity index (χ0n) is 7.87. The lowest BCUT2D eigenvalue weighted by Crippen LogP contribution is -2.10. The van der Waals surface area contributed by atoms with Gasteiger partial charge in [-0.2, -0.15) is 0 Å². The Kier molecular flexibility index (Phi) is 4.35. The van der Waals surface area contributed by atoms with Gasteiger partial charge in [-0.3, -0.25) is 0 Å². The van der Waals surface area contributed by atoms with Gasteiger partial charge in [-0.1, -0.05) is 20.8 Å². The van der Waals surface area contributed by atoms with Crippen LogP contribution in [0.1, 0.15) is 20.8 Å². The minimum atomic E-state index is -2.23. The van der Waals surface area contributed by atoms with E-state index in [4.69, 9.17) is 5.11 Å². The molecule has 0 aliphatic heterocycles. The van der Waals surface area contributed by atoms with Gasteiger partial charge in [0.05, 0.1) is 6.35 Å². The van der Waals surface area contributed by atoms with Crippen molar-refractivity contribution in [2.75, 3.05) is 19.2 Å². The highest BCUT2D eigenvalue weighted by Crippen LogP contribution is 2.42. The number of rotatable bonds is 4. The van der Waals surface area contributed by atoms with Gasteiger partial charge in [0.2, 0.25) is 0 Å². The number of hydrogen-bond donors (Lipinski definition) is 1. The third-order valence-electron chi connectivity index (χ3n) is 2.11. The molecule has 0 rings (SSSR count). The van der Waals surface area contributed by atoms with Crippen LogP contribution in [0, 0.1) is 11.8 Å². The first-order valence-electron chi connectivity index (χ1n) is 4.05. The predicted molar refractivity (Wildman–Crippen MR) is 49.5 cm³/mol. The largest absolute Gasteiger partial charge is 0.389 e. The van der Waals surface area contributed by atoms with Crippen molar-refractivity contribution in [2.24, 2.45) is 11.8 Å². The lowest BCUT2D eigenvalue weighted by Gasteiger charge is -2.18. The maximum absolute atomic E-state index is 11.4. The molecule has 0 unspecified atom stereocenters. The Morgan fingerprint density at radius 2 is 1.82 bits per heavy atom. The van der Waals surface area contributed by atoms with Crippen LogP contribution in [0.3, 0.4) is 0 Å². The topological polar surface area (TPSA) is 37.3 Å². The summed E-state index contributed by atoms with van der Waals surface area (Å²) in [6.45, 7) is 7.98. The molecular formula is C8H19O2P. The lowest BCUT2D eigenvalue weighted by molar-refractivity contribution is 0.354. The molecule has 0 heterocycles. The van der Waals surface area contributed by atoms with Crippen LogP contribution in [0.25, 0.3) is 0 Å². The summed E-state index contributed by atoms with van der Waals surface area (Å²) in [6, 6.07) is 0. The molecule has 3 heteroatoms. The molecule has 68 valence electrons. The number of aliphatic hydroxyl groups excluding tert-OH is 1. The van der Waals surface area contributed by atoms with E-state index in [1.165, 1.54) is 0 Å². The third-order valence-corrected chi connectivity index (χ3v) is 4.06. The van der Waals surface area contributed by atoms with Crippen LogP contribution >= 0.6 is 7.14 Å². The Morgan fingerprint density at radius 3 is 2.09 bits per heavy atom. The molecule has 0 saturated carbocycles. The van der Waals surface area contributed by atoms with E-state index in [1.807, 2.05) is 0 Å². The fourth-order valence-electron chi connectivity index (χ4n) is 0.878. The number of hydrogen-bond acceptors (Lipinski definition) is 2. The molecule has 0 aromatic carbocycles. The van der Waals surface area contributed by atoms with Crippen molar-refractivity contribution < 1.29 is 9.67 Å². The van der Waals surface area contributed by atoms with E-state index in [1.54, 1.807) is 6.66 Å². The van der Waals surface area contributed by atoms with Gasteiger partial charge in [-0.15, -0.1) is 0 Å². The first-order chi connectivity index (χ1) is 4.89. The Labute approximate surface area is 69.4 Å². The van der Waals surface area contributed by atoms with Gasteiger partial charge in [0.1, 0.15) is 7.14 Å². The molecule has 0 aromatic heterocycles. The molecule has 0 aromatic rings. The van der Waals surface area contributed by atoms with E-state index < -0.39 is 7.14 Å². The zero-order chi connectivity index (χ0) is 9.07. The summed E-state index contributed by atoms with van der Waals surface area (Å²) < 4.78 is 11.4. The monoisotopic (exact) mass is 178 g/mol. The quantitative estimate of drug-likeness (QED) is 0.670. The van der Waals surface area contributed by atoms with Crippen LogP contribution in [-0.4, -0.2) is 24.3 Å². The molecule has 0 radical (unpaired) electrons. The number of aliphatic hydroxyl groups is 1. The van der Waals surface area contributed by atoms with Gasteiger partial charge in [0.15, 0.2) is 0 Å². The predicted octanol–water partition coefficient (Wildman–Crippen LogP) is 2.22. The average molecular weight is 178 g/mol. The Balaban J connectivity index is 3.94. The Morgan fingerprint density at radius 1 is 1.36 bits per heavy atom. The van der Waals surface area contributed by atoms with Crippen LogP contribution in [-0.2, 0) is 4.57 Å². The standard InChI is InChI=1S/C8H19O2P/c1-7(2)8(3)5-11(4,10)6-9/h7-9H,5-6H2,1-4H3/t8-,11-/m1/s1. The normalized spacial score (nSPS) is 19.8. The Bertz CT molecular complexity index is 154. The highest BCUT2D eigenvalue weighted by Gasteiger charge is 2.19. The summed E-state index contributed by atoms with van der Waals surface area (Å²) in [7, 11) is -2.23. The highest BCUT2D eigenvalue weighted by atomic mass is 31.2. The fourth-order valence-corrected chi connectivity index (χ4v) is 2.63. The summed E-state index contributed by atoms with van der Waals surface area (Å²) in [5.74, 6) is 0.993. The van der Waals surface area contributed by atoms with E-state index in [0.29, 0.717) is 18.0 Å². The molecule has 0 amide bonds. The summed E-state index contributed by atoms with van der Waals surface area (Å²) >= 11 is 0. The second-order valence-electron chi connectivity index (χ2n) is 3.84. The zero-order valence-corrected chi connectivity index (χ0v) is 8.77. The van der Waals surface area contributed by atoms with Crippen LogP contribution in [0.2, 0.25) is 0 Å². The van der Waals surface area contributed by atoms with E-state index >= 15 is 0 Å². The maximum Gasteiger partial charge on any atom is 0.109 e. The smallest absolute Gasteiger partial charge is 0.109 e.